The summed E-state index contributed by atoms with van der Waals surface area (Å²) in [7, 11) is 0. The van der Waals surface area contributed by atoms with Crippen LogP contribution in [-0.4, -0.2) is 32.8 Å². The minimum Gasteiger partial charge on any atom is -0.392 e. The van der Waals surface area contributed by atoms with Gasteiger partial charge in [-0.25, -0.2) is 9.97 Å². The van der Waals surface area contributed by atoms with Gasteiger partial charge in [-0.15, -0.1) is 0 Å². The number of carbonyl (C=O) groups excluding carboxylic acids is 1. The van der Waals surface area contributed by atoms with E-state index in [1.165, 1.54) is 0 Å². The standard InChI is InChI=1S/C30H29N3O4S/c1-20-26(19-38-30-31-15-6-16-32-30)36-29(37-27(20)22-13-11-21(18-34)12-14-22)24-9-5-10-25(17-24)33-28(35)23-7-3-2-4-8-23/h2-17,20,26-27,29,34H,18-19H2,1H3,(H,33,35)/t20-,26+,27+,29+/m0/s1. The lowest BCUT2D eigenvalue weighted by Crippen LogP contribution is -2.38. The number of benzene rings is 3. The van der Waals surface area contributed by atoms with Crippen LogP contribution in [0.3, 0.4) is 0 Å². The Morgan fingerprint density at radius 3 is 2.42 bits per heavy atom. The third-order valence-electron chi connectivity index (χ3n) is 6.49. The predicted octanol–water partition coefficient (Wildman–Crippen LogP) is 5.80. The average molecular weight is 528 g/mol. The molecular formula is C30H29N3O4S. The van der Waals surface area contributed by atoms with Gasteiger partial charge in [-0.3, -0.25) is 4.79 Å². The zero-order chi connectivity index (χ0) is 26.3. The molecule has 194 valence electrons. The molecule has 5 rings (SSSR count). The lowest BCUT2D eigenvalue weighted by atomic mass is 9.91. The van der Waals surface area contributed by atoms with E-state index in [4.69, 9.17) is 9.47 Å². The van der Waals surface area contributed by atoms with Crippen LogP contribution < -0.4 is 5.32 Å². The molecule has 1 aromatic heterocycles. The number of aliphatic hydroxyl groups is 1. The zero-order valence-corrected chi connectivity index (χ0v) is 21.8. The Bertz CT molecular complexity index is 1340. The highest BCUT2D eigenvalue weighted by atomic mass is 32.2. The Kier molecular flexibility index (Phi) is 8.45. The van der Waals surface area contributed by atoms with Crippen molar-refractivity contribution >= 4 is 23.4 Å². The first-order chi connectivity index (χ1) is 18.6. The van der Waals surface area contributed by atoms with Gasteiger partial charge >= 0.3 is 0 Å². The van der Waals surface area contributed by atoms with Gasteiger partial charge in [0.05, 0.1) is 18.8 Å². The first kappa shape index (κ1) is 26.1. The predicted molar refractivity (Wildman–Crippen MR) is 147 cm³/mol. The number of hydrogen-bond donors (Lipinski definition) is 2. The minimum absolute atomic E-state index is 0.00900. The van der Waals surface area contributed by atoms with E-state index in [1.807, 2.05) is 66.7 Å². The van der Waals surface area contributed by atoms with E-state index >= 15 is 0 Å². The number of thioether (sulfide) groups is 1. The summed E-state index contributed by atoms with van der Waals surface area (Å²) in [4.78, 5) is 21.4. The van der Waals surface area contributed by atoms with Crippen molar-refractivity contribution in [2.45, 2.75) is 37.2 Å². The molecule has 8 heteroatoms. The van der Waals surface area contributed by atoms with Crippen molar-refractivity contribution in [2.75, 3.05) is 11.1 Å². The number of carbonyl (C=O) groups is 1. The first-order valence-electron chi connectivity index (χ1n) is 12.5. The lowest BCUT2D eigenvalue weighted by Gasteiger charge is -2.41. The number of rotatable bonds is 8. The van der Waals surface area contributed by atoms with E-state index in [1.54, 1.807) is 42.4 Å². The quantitative estimate of drug-likeness (QED) is 0.221. The van der Waals surface area contributed by atoms with Crippen LogP contribution in [0.5, 0.6) is 0 Å². The van der Waals surface area contributed by atoms with E-state index in [0.717, 1.165) is 16.7 Å². The fourth-order valence-electron chi connectivity index (χ4n) is 4.38. The smallest absolute Gasteiger partial charge is 0.255 e. The molecular weight excluding hydrogens is 498 g/mol. The molecule has 2 N–H and O–H groups in total. The molecule has 38 heavy (non-hydrogen) atoms. The van der Waals surface area contributed by atoms with Gasteiger partial charge in [0.25, 0.3) is 5.91 Å². The SMILES string of the molecule is C[C@H]1[C@@H](CSc2ncccn2)O[C@@H](c2cccc(NC(=O)c3ccccc3)c2)O[C@H]1c1ccc(CO)cc1. The molecule has 4 aromatic rings. The third-order valence-corrected chi connectivity index (χ3v) is 7.46. The molecule has 0 unspecified atom stereocenters. The van der Waals surface area contributed by atoms with Crippen LogP contribution >= 0.6 is 11.8 Å². The van der Waals surface area contributed by atoms with Crippen molar-refractivity contribution < 1.29 is 19.4 Å². The van der Waals surface area contributed by atoms with Gasteiger partial charge < -0.3 is 19.9 Å². The number of anilines is 1. The molecule has 1 amide bonds. The van der Waals surface area contributed by atoms with E-state index in [0.29, 0.717) is 22.2 Å². The number of nitrogens with one attached hydrogen (secondary N) is 1. The van der Waals surface area contributed by atoms with Crippen molar-refractivity contribution in [2.24, 2.45) is 5.92 Å². The molecule has 1 aliphatic rings. The Labute approximate surface area is 226 Å². The van der Waals surface area contributed by atoms with Gasteiger partial charge in [0.15, 0.2) is 11.4 Å². The van der Waals surface area contributed by atoms with Gasteiger partial charge in [-0.2, -0.15) is 0 Å². The van der Waals surface area contributed by atoms with Crippen LogP contribution in [0.1, 0.15) is 46.4 Å². The van der Waals surface area contributed by atoms with Crippen molar-refractivity contribution in [3.8, 4) is 0 Å². The molecule has 7 nitrogen and oxygen atoms in total. The fourth-order valence-corrected chi connectivity index (χ4v) is 5.35. The topological polar surface area (TPSA) is 93.6 Å². The summed E-state index contributed by atoms with van der Waals surface area (Å²) in [5.74, 6) is 0.519. The monoisotopic (exact) mass is 527 g/mol. The second-order valence-electron chi connectivity index (χ2n) is 9.11. The van der Waals surface area contributed by atoms with Gasteiger partial charge in [-0.05, 0) is 41.5 Å². The van der Waals surface area contributed by atoms with Gasteiger partial charge in [0, 0.05) is 40.9 Å². The summed E-state index contributed by atoms with van der Waals surface area (Å²) in [5.41, 5.74) is 3.92. The number of nitrogens with zero attached hydrogens (tertiary/aromatic N) is 2. The summed E-state index contributed by atoms with van der Waals surface area (Å²) in [6.07, 6.45) is 2.45. The van der Waals surface area contributed by atoms with Crippen molar-refractivity contribution in [1.29, 1.82) is 0 Å². The van der Waals surface area contributed by atoms with Gasteiger partial charge in [0.1, 0.15) is 0 Å². The molecule has 0 saturated carbocycles. The number of amides is 1. The summed E-state index contributed by atoms with van der Waals surface area (Å²) >= 11 is 1.55. The highest BCUT2D eigenvalue weighted by Gasteiger charge is 2.38. The summed E-state index contributed by atoms with van der Waals surface area (Å²) in [5, 5.41) is 13.1. The zero-order valence-electron chi connectivity index (χ0n) is 20.9. The third kappa shape index (κ3) is 6.28. The maximum absolute atomic E-state index is 12.7. The minimum atomic E-state index is -0.635. The highest BCUT2D eigenvalue weighted by Crippen LogP contribution is 2.43. The number of aromatic nitrogens is 2. The largest absolute Gasteiger partial charge is 0.392 e. The first-order valence-corrected chi connectivity index (χ1v) is 13.5. The molecule has 0 radical (unpaired) electrons. The molecule has 4 atom stereocenters. The maximum atomic E-state index is 12.7. The number of ether oxygens (including phenoxy) is 2. The van der Waals surface area contributed by atoms with Crippen LogP contribution in [0, 0.1) is 5.92 Å². The van der Waals surface area contributed by atoms with Crippen molar-refractivity contribution in [3.05, 3.63) is 120 Å². The van der Waals surface area contributed by atoms with E-state index in [-0.39, 0.29) is 30.6 Å². The summed E-state index contributed by atoms with van der Waals surface area (Å²) < 4.78 is 13.0. The van der Waals surface area contributed by atoms with Gasteiger partial charge in [0.2, 0.25) is 0 Å². The van der Waals surface area contributed by atoms with Crippen LogP contribution in [0.15, 0.2) is 102 Å². The van der Waals surface area contributed by atoms with Crippen molar-refractivity contribution in [1.82, 2.24) is 9.97 Å². The normalized spacial score (nSPS) is 21.1. The van der Waals surface area contributed by atoms with E-state index in [9.17, 15) is 9.90 Å². The number of aliphatic hydroxyl groups excluding tert-OH is 1. The van der Waals surface area contributed by atoms with E-state index in [2.05, 4.69) is 22.2 Å². The number of hydrogen-bond acceptors (Lipinski definition) is 7. The van der Waals surface area contributed by atoms with Crippen LogP contribution in [-0.2, 0) is 16.1 Å². The average Bonchev–Trinajstić information content (AvgIpc) is 2.98. The summed E-state index contributed by atoms with van der Waals surface area (Å²) in [6.45, 7) is 2.11. The maximum Gasteiger partial charge on any atom is 0.255 e. The van der Waals surface area contributed by atoms with Gasteiger partial charge in [-0.1, -0.05) is 73.3 Å². The molecule has 3 aromatic carbocycles. The molecule has 2 heterocycles. The lowest BCUT2D eigenvalue weighted by molar-refractivity contribution is -0.268. The molecule has 0 bridgehead atoms. The van der Waals surface area contributed by atoms with Crippen LogP contribution in [0.25, 0.3) is 0 Å². The highest BCUT2D eigenvalue weighted by molar-refractivity contribution is 7.99. The molecule has 1 saturated heterocycles. The Balaban J connectivity index is 1.38. The molecule has 1 aliphatic heterocycles. The Morgan fingerprint density at radius 2 is 1.68 bits per heavy atom. The Morgan fingerprint density at radius 1 is 0.921 bits per heavy atom. The molecule has 1 fully saturated rings. The van der Waals surface area contributed by atoms with Crippen LogP contribution in [0.2, 0.25) is 0 Å². The van der Waals surface area contributed by atoms with Crippen LogP contribution in [0.4, 0.5) is 5.69 Å². The van der Waals surface area contributed by atoms with Crippen molar-refractivity contribution in [3.63, 3.8) is 0 Å². The Hall–Kier alpha value is -3.56. The van der Waals surface area contributed by atoms with E-state index < -0.39 is 6.29 Å². The molecule has 0 spiro atoms. The molecule has 0 aliphatic carbocycles. The second kappa shape index (κ2) is 12.3. The summed E-state index contributed by atoms with van der Waals surface area (Å²) in [6, 6.07) is 26.3. The second-order valence-corrected chi connectivity index (χ2v) is 10.1. The fraction of sp³-hybridized carbons (Fsp3) is 0.233.